The summed E-state index contributed by atoms with van der Waals surface area (Å²) in [6.07, 6.45) is 15.5. The van der Waals surface area contributed by atoms with Gasteiger partial charge < -0.3 is 98.4 Å². The van der Waals surface area contributed by atoms with Crippen molar-refractivity contribution in [3.05, 3.63) is 146 Å². The molecule has 126 heavy (non-hydrogen) atoms. The van der Waals surface area contributed by atoms with Crippen LogP contribution in [0.1, 0.15) is 178 Å². The lowest BCUT2D eigenvalue weighted by atomic mass is 10.1. The lowest BCUT2D eigenvalue weighted by Crippen LogP contribution is -2.36. The highest BCUT2D eigenvalue weighted by molar-refractivity contribution is 6.34. The summed E-state index contributed by atoms with van der Waals surface area (Å²) < 4.78 is 31.7. The van der Waals surface area contributed by atoms with E-state index >= 15 is 0 Å². The van der Waals surface area contributed by atoms with E-state index in [1.807, 2.05) is 94.4 Å². The average molecular weight is 1800 g/mol. The number of nitrogens with zero attached hydrogens (tertiary/aromatic N) is 13. The number of nitrogens with two attached hydrogens (primary N) is 4. The number of aliphatic hydroxyl groups is 4. The Morgan fingerprint density at radius 3 is 1.12 bits per heavy atom. The van der Waals surface area contributed by atoms with Gasteiger partial charge in [-0.05, 0) is 164 Å². The number of unbranched alkanes of at least 4 members (excludes halogenated alkanes) is 4. The van der Waals surface area contributed by atoms with E-state index in [0.29, 0.717) is 110 Å². The van der Waals surface area contributed by atoms with Gasteiger partial charge in [-0.25, -0.2) is 29.9 Å². The number of halogens is 3. The molecule has 8 aromatic heterocycles. The number of nitrogens with one attached hydrogen (secondary N) is 5. The number of hydrogen-bond acceptors (Lipinski definition) is 32. The predicted molar refractivity (Wildman–Crippen MR) is 513 cm³/mol. The van der Waals surface area contributed by atoms with Gasteiger partial charge in [0.05, 0.1) is 109 Å². The summed E-state index contributed by atoms with van der Waals surface area (Å²) in [5.41, 5.74) is 34.1. The number of rotatable bonds is 38. The molecule has 11 rings (SSSR count). The number of fused-ring (bicyclic) bond motifs is 4. The molecule has 35 heteroatoms. The lowest BCUT2D eigenvalue weighted by Gasteiger charge is -2.28. The van der Waals surface area contributed by atoms with E-state index in [1.165, 1.54) is 0 Å². The zero-order chi connectivity index (χ0) is 93.0. The second-order valence-corrected chi connectivity index (χ2v) is 31.3. The minimum atomic E-state index is -0.135. The number of benzene rings is 3. The van der Waals surface area contributed by atoms with Gasteiger partial charge in [-0.1, -0.05) is 127 Å². The van der Waals surface area contributed by atoms with E-state index in [1.54, 1.807) is 67.2 Å². The van der Waals surface area contributed by atoms with Crippen LogP contribution in [-0.2, 0) is 19.6 Å². The Morgan fingerprint density at radius 2 is 0.754 bits per heavy atom. The molecule has 0 aliphatic carbocycles. The largest absolute Gasteiger partial charge is 0.497 e. The van der Waals surface area contributed by atoms with E-state index in [9.17, 15) is 15.3 Å². The van der Waals surface area contributed by atoms with Gasteiger partial charge in [-0.15, -0.1) is 0 Å². The van der Waals surface area contributed by atoms with Crippen LogP contribution < -0.4 is 77.9 Å². The maximum atomic E-state index is 9.82. The van der Waals surface area contributed by atoms with E-state index in [4.69, 9.17) is 91.3 Å². The smallest absolute Gasteiger partial charge is 0.225 e. The molecule has 0 bridgehead atoms. The second-order valence-electron chi connectivity index (χ2n) is 30.2. The van der Waals surface area contributed by atoms with Crippen molar-refractivity contribution in [3.8, 4) is 34.5 Å². The number of aromatic nitrogens is 12. The summed E-state index contributed by atoms with van der Waals surface area (Å²) in [6.45, 7) is 30.2. The zero-order valence-corrected chi connectivity index (χ0v) is 79.0. The minimum Gasteiger partial charge on any atom is -0.497 e. The third-order valence-corrected chi connectivity index (χ3v) is 20.7. The summed E-state index contributed by atoms with van der Waals surface area (Å²) in [7, 11) is 9.74. The maximum Gasteiger partial charge on any atom is 0.225 e. The molecule has 3 aromatic carbocycles. The molecule has 0 fully saturated rings. The summed E-state index contributed by atoms with van der Waals surface area (Å²) in [5.74, 6) is 7.47. The molecular weight excluding hydrogens is 1670 g/mol. The summed E-state index contributed by atoms with van der Waals surface area (Å²) >= 11 is 17.8. The van der Waals surface area contributed by atoms with E-state index < -0.39 is 0 Å². The molecule has 690 valence electrons. The summed E-state index contributed by atoms with van der Waals surface area (Å²) in [6, 6.07) is 25.3. The number of methoxy groups -OCH3 is 6. The van der Waals surface area contributed by atoms with Crippen LogP contribution in [-0.4, -0.2) is 197 Å². The van der Waals surface area contributed by atoms with Crippen molar-refractivity contribution in [1.82, 2.24) is 64.7 Å². The molecule has 0 spiro atoms. The lowest BCUT2D eigenvalue weighted by molar-refractivity contribution is 0.185. The summed E-state index contributed by atoms with van der Waals surface area (Å²) in [4.78, 5) is 54.7. The first-order valence-electron chi connectivity index (χ1n) is 42.7. The Bertz CT molecular complexity index is 5040. The van der Waals surface area contributed by atoms with Gasteiger partial charge in [-0.2, -0.15) is 19.9 Å². The number of ether oxygens (including phenoxy) is 6. The quantitative estimate of drug-likeness (QED) is 0.0126. The van der Waals surface area contributed by atoms with Gasteiger partial charge in [0.25, 0.3) is 0 Å². The number of nitrogen functional groups attached to an aromatic ring is 2. The van der Waals surface area contributed by atoms with Gasteiger partial charge >= 0.3 is 0 Å². The minimum absolute atomic E-state index is 0.00312. The molecule has 32 nitrogen and oxygen atoms in total. The highest BCUT2D eigenvalue weighted by Gasteiger charge is 2.21. The van der Waals surface area contributed by atoms with E-state index in [2.05, 4.69) is 154 Å². The highest BCUT2D eigenvalue weighted by Crippen LogP contribution is 2.33. The third kappa shape index (κ3) is 33.7. The molecule has 11 aromatic rings. The number of pyridine rings is 4. The Morgan fingerprint density at radius 1 is 0.397 bits per heavy atom. The molecule has 4 atom stereocenters. The van der Waals surface area contributed by atoms with Crippen molar-refractivity contribution in [2.75, 3.05) is 114 Å². The SMILES string of the molecule is CCCC[C@@H](N)CO.CCCC[C@H](CO)Nc1nc(N)nc2c(C)ccnc12.CCCC[C@H](CO)Nc1nc(NCc2ccc(OC)cc2OC)nc2c(C)cc(Cl)nc12.CCCC[C@H](CO)Nc1nc(NCc2ccc(OC)cc2OC)nc2c(C)ccnc12.CCN(C(C)C)C(C)C.COc1ccc(CN)c(OC)c1.Cc1cc(Cl)nc2c(Cl)nc(N)nc12. The predicted octanol–water partition coefficient (Wildman–Crippen LogP) is 16.4. The molecule has 17 N–H and O–H groups in total. The fraction of sp³-hybridized carbons (Fsp3) is 0.495. The Kier molecular flexibility index (Phi) is 47.7. The van der Waals surface area contributed by atoms with Gasteiger partial charge in [0.2, 0.25) is 23.8 Å². The molecule has 0 radical (unpaired) electrons. The molecule has 0 unspecified atom stereocenters. The summed E-state index contributed by atoms with van der Waals surface area (Å²) in [5, 5.41) is 55.0. The Hall–Kier alpha value is -10.4. The van der Waals surface area contributed by atoms with Crippen LogP contribution >= 0.6 is 34.8 Å². The monoisotopic (exact) mass is 1800 g/mol. The highest BCUT2D eigenvalue weighted by atomic mass is 35.5. The second kappa shape index (κ2) is 56.6. The fourth-order valence-electron chi connectivity index (χ4n) is 13.0. The number of hydrogen-bond donors (Lipinski definition) is 13. The first-order valence-corrected chi connectivity index (χ1v) is 43.8. The Labute approximate surface area is 757 Å². The fourth-order valence-corrected chi connectivity index (χ4v) is 13.7. The topological polar surface area (TPSA) is 458 Å². The zero-order valence-electron chi connectivity index (χ0n) is 76.8. The van der Waals surface area contributed by atoms with Crippen molar-refractivity contribution >= 4 is 120 Å². The van der Waals surface area contributed by atoms with Crippen LogP contribution in [0.2, 0.25) is 15.5 Å². The van der Waals surface area contributed by atoms with E-state index in [-0.39, 0.29) is 67.6 Å². The first-order chi connectivity index (χ1) is 60.5. The van der Waals surface area contributed by atoms with Crippen molar-refractivity contribution in [3.63, 3.8) is 0 Å². The van der Waals surface area contributed by atoms with Gasteiger partial charge in [0.15, 0.2) is 22.6 Å². The van der Waals surface area contributed by atoms with Crippen molar-refractivity contribution in [1.29, 1.82) is 0 Å². The van der Waals surface area contributed by atoms with Gasteiger partial charge in [0, 0.05) is 85.0 Å². The maximum absolute atomic E-state index is 9.82. The normalized spacial score (nSPS) is 11.8. The van der Waals surface area contributed by atoms with Crippen LogP contribution in [0.25, 0.3) is 44.1 Å². The molecule has 0 aliphatic rings. The average Bonchev–Trinajstić information content (AvgIpc) is 0.803. The number of aliphatic hydroxyl groups excluding tert-OH is 4. The van der Waals surface area contributed by atoms with Gasteiger partial charge in [-0.3, -0.25) is 14.9 Å². The van der Waals surface area contributed by atoms with Crippen molar-refractivity contribution in [2.24, 2.45) is 11.5 Å². The van der Waals surface area contributed by atoms with Crippen molar-refractivity contribution in [2.45, 2.75) is 223 Å². The third-order valence-electron chi connectivity index (χ3n) is 20.0. The van der Waals surface area contributed by atoms with Crippen LogP contribution in [0.5, 0.6) is 34.5 Å². The van der Waals surface area contributed by atoms with Crippen LogP contribution in [0.4, 0.5) is 41.2 Å². The standard InChI is InChI=1S/C23H30ClN5O3.C23H31N5O3.C14H21N5O.C9H13NO2.C8H6Cl2N4.C8H19N.C6H15NO/c1-5-6-7-16(13-30)26-22-21-20(14(2)10-19(24)27-21)28-23(29-22)25-12-15-8-9-17(31-3)11-18(15)32-4;1-5-6-7-17(14-29)26-22-21-20(15(2)10-11-24-21)27-23(28-22)25-13-16-8-9-18(30-3)12-19(16)31-4;1-3-4-5-10(8-20)17-13-12-11(18-14(15)19-13)9(2)6-7-16-12;1-11-8-4-3-7(6-10)9(5-8)12-2;1-3-2-4(9)12-6-5(3)13-8(11)14-7(6)10;1-6-9(7(2)3)8(4)5;1-2-3-4-6(7)5-8/h8-11,16,30H,5-7,12-13H2,1-4H3,(H2,25,26,28,29);8-12,17,29H,5-7,13-14H2,1-4H3,(H2,25,26,27,28);6-7,10,20H,3-5,8H2,1-2H3,(H3,15,17,18,19);3-5H,6,10H2,1-2H3;2H,1H3,(H2,11,13,14);7-8H,6H2,1-5H3;6,8H,2-5,7H2,1H3/t16-;17-;10-;;;;6-/m111...1/s1. The molecule has 0 saturated carbocycles. The van der Waals surface area contributed by atoms with E-state index in [0.717, 1.165) is 162 Å². The van der Waals surface area contributed by atoms with Gasteiger partial charge in [0.1, 0.15) is 66.9 Å². The Balaban J connectivity index is 0.000000276. The van der Waals surface area contributed by atoms with Crippen LogP contribution in [0.3, 0.4) is 0 Å². The van der Waals surface area contributed by atoms with Crippen LogP contribution in [0, 0.1) is 27.7 Å². The molecule has 0 amide bonds. The molecular formula is C91H135Cl3N22O10. The molecule has 8 heterocycles. The van der Waals surface area contributed by atoms with Crippen LogP contribution in [0.15, 0.2) is 91.3 Å². The molecule has 0 saturated heterocycles. The van der Waals surface area contributed by atoms with Crippen molar-refractivity contribution < 1.29 is 48.8 Å². The number of anilines is 7. The first kappa shape index (κ1) is 106. The number of aryl methyl sites for hydroxylation is 4. The molecule has 0 aliphatic heterocycles.